The summed E-state index contributed by atoms with van der Waals surface area (Å²) in [6.45, 7) is 8.57. The van der Waals surface area contributed by atoms with Crippen LogP contribution in [0, 0.1) is 0 Å². The van der Waals surface area contributed by atoms with E-state index in [0.717, 1.165) is 15.5 Å². The number of halogens is 1. The van der Waals surface area contributed by atoms with Crippen LogP contribution < -0.4 is 5.73 Å². The van der Waals surface area contributed by atoms with E-state index in [4.69, 9.17) is 15.0 Å². The molecule has 0 bridgehead atoms. The van der Waals surface area contributed by atoms with E-state index < -0.39 is 7.12 Å². The van der Waals surface area contributed by atoms with Gasteiger partial charge in [0, 0.05) is 11.0 Å². The molecule has 2 N–H and O–H groups in total. The minimum atomic E-state index is -0.392. The Morgan fingerprint density at radius 2 is 1.75 bits per heavy atom. The van der Waals surface area contributed by atoms with Gasteiger partial charge in [-0.3, -0.25) is 0 Å². The van der Waals surface area contributed by atoms with Crippen molar-refractivity contribution in [3.8, 4) is 0 Å². The van der Waals surface area contributed by atoms with Crippen molar-refractivity contribution < 1.29 is 9.31 Å². The molecule has 3 nitrogen and oxygen atoms in total. The van der Waals surface area contributed by atoms with Crippen LogP contribution in [0.4, 0.5) is 0 Å². The zero-order valence-corrected chi connectivity index (χ0v) is 14.0. The predicted octanol–water partition coefficient (Wildman–Crippen LogP) is 3.42. The van der Waals surface area contributed by atoms with Gasteiger partial charge in [-0.1, -0.05) is 40.2 Å². The lowest BCUT2D eigenvalue weighted by Gasteiger charge is -2.32. The Kier molecular flexibility index (Phi) is 4.45. The van der Waals surface area contributed by atoms with Crippen molar-refractivity contribution in [1.29, 1.82) is 0 Å². The molecule has 108 valence electrons. The minimum absolute atomic E-state index is 0.347. The van der Waals surface area contributed by atoms with Crippen LogP contribution in [0.3, 0.4) is 0 Å². The highest BCUT2D eigenvalue weighted by atomic mass is 79.9. The van der Waals surface area contributed by atoms with Gasteiger partial charge in [0.1, 0.15) is 0 Å². The summed E-state index contributed by atoms with van der Waals surface area (Å²) in [5.41, 5.74) is 7.20. The maximum absolute atomic E-state index is 6.04. The number of benzene rings is 1. The molecule has 1 aliphatic rings. The first kappa shape index (κ1) is 15.8. The van der Waals surface area contributed by atoms with Crippen molar-refractivity contribution in [3.05, 3.63) is 39.8 Å². The highest BCUT2D eigenvalue weighted by molar-refractivity contribution is 9.10. The molecule has 5 heteroatoms. The second-order valence-electron chi connectivity index (χ2n) is 6.03. The monoisotopic (exact) mass is 337 g/mol. The van der Waals surface area contributed by atoms with Gasteiger partial charge in [0.15, 0.2) is 0 Å². The summed E-state index contributed by atoms with van der Waals surface area (Å²) in [5, 5.41) is 0. The highest BCUT2D eigenvalue weighted by Gasteiger charge is 2.52. The molecular formula is C15H21BBrNO2. The van der Waals surface area contributed by atoms with E-state index in [1.807, 2.05) is 58.0 Å². The maximum Gasteiger partial charge on any atom is 0.491 e. The van der Waals surface area contributed by atoms with Crippen LogP contribution >= 0.6 is 15.9 Å². The van der Waals surface area contributed by atoms with Crippen molar-refractivity contribution in [2.24, 2.45) is 5.73 Å². The van der Waals surface area contributed by atoms with Gasteiger partial charge in [-0.2, -0.15) is 0 Å². The molecule has 1 aromatic rings. The Hall–Kier alpha value is -0.615. The first-order valence-corrected chi connectivity index (χ1v) is 7.57. The van der Waals surface area contributed by atoms with Gasteiger partial charge in [-0.15, -0.1) is 0 Å². The van der Waals surface area contributed by atoms with Crippen molar-refractivity contribution in [2.45, 2.75) is 38.9 Å². The van der Waals surface area contributed by atoms with Crippen LogP contribution in [0.25, 0.3) is 6.08 Å². The first-order chi connectivity index (χ1) is 9.27. The van der Waals surface area contributed by atoms with Crippen LogP contribution in [0.5, 0.6) is 0 Å². The normalized spacial score (nSPS) is 21.3. The van der Waals surface area contributed by atoms with Crippen molar-refractivity contribution in [2.75, 3.05) is 6.54 Å². The Labute approximate surface area is 129 Å². The van der Waals surface area contributed by atoms with Crippen LogP contribution in [-0.4, -0.2) is 24.9 Å². The Morgan fingerprint density at radius 1 is 1.20 bits per heavy atom. The molecule has 0 amide bonds. The van der Waals surface area contributed by atoms with Gasteiger partial charge in [-0.25, -0.2) is 0 Å². The molecule has 20 heavy (non-hydrogen) atoms. The van der Waals surface area contributed by atoms with Crippen molar-refractivity contribution in [1.82, 2.24) is 0 Å². The van der Waals surface area contributed by atoms with E-state index >= 15 is 0 Å². The third-order valence-electron chi connectivity index (χ3n) is 4.04. The topological polar surface area (TPSA) is 44.5 Å². The summed E-state index contributed by atoms with van der Waals surface area (Å²) >= 11 is 3.54. The summed E-state index contributed by atoms with van der Waals surface area (Å²) in [6, 6.07) is 8.02. The van der Waals surface area contributed by atoms with Gasteiger partial charge in [0.05, 0.1) is 11.2 Å². The summed E-state index contributed by atoms with van der Waals surface area (Å²) in [5.74, 6) is 0. The van der Waals surface area contributed by atoms with Crippen molar-refractivity contribution >= 4 is 29.1 Å². The van der Waals surface area contributed by atoms with E-state index in [9.17, 15) is 0 Å². The van der Waals surface area contributed by atoms with E-state index in [1.54, 1.807) is 0 Å². The molecule has 0 aliphatic carbocycles. The van der Waals surface area contributed by atoms with E-state index in [0.29, 0.717) is 6.54 Å². The molecule has 1 aliphatic heterocycles. The number of hydrogen-bond acceptors (Lipinski definition) is 3. The molecule has 1 saturated heterocycles. The molecule has 0 atom stereocenters. The zero-order chi connectivity index (χ0) is 15.0. The largest absolute Gasteiger partial charge is 0.491 e. The molecular weight excluding hydrogens is 317 g/mol. The molecule has 1 fully saturated rings. The lowest BCUT2D eigenvalue weighted by Crippen LogP contribution is -2.41. The van der Waals surface area contributed by atoms with Gasteiger partial charge in [-0.05, 0) is 44.8 Å². The third-order valence-corrected chi connectivity index (χ3v) is 4.76. The van der Waals surface area contributed by atoms with Gasteiger partial charge < -0.3 is 15.0 Å². The van der Waals surface area contributed by atoms with Gasteiger partial charge >= 0.3 is 7.12 Å². The first-order valence-electron chi connectivity index (χ1n) is 6.77. The third kappa shape index (κ3) is 3.01. The quantitative estimate of drug-likeness (QED) is 0.859. The Bertz CT molecular complexity index is 512. The van der Waals surface area contributed by atoms with Crippen molar-refractivity contribution in [3.63, 3.8) is 0 Å². The standard InChI is InChI=1S/C15H21BBrNO2/c1-14(2)15(3,4)20-16(19-14)12(10-18)9-11-7-5-6-8-13(11)17/h5-9H,10,18H2,1-4H3. The fourth-order valence-corrected chi connectivity index (χ4v) is 2.41. The zero-order valence-electron chi connectivity index (χ0n) is 12.4. The van der Waals surface area contributed by atoms with Gasteiger partial charge in [0.25, 0.3) is 0 Å². The van der Waals surface area contributed by atoms with Crippen LogP contribution in [0.15, 0.2) is 34.2 Å². The fraction of sp³-hybridized carbons (Fsp3) is 0.467. The van der Waals surface area contributed by atoms with E-state index in [-0.39, 0.29) is 11.2 Å². The van der Waals surface area contributed by atoms with Crippen LogP contribution in [-0.2, 0) is 9.31 Å². The molecule has 2 rings (SSSR count). The lowest BCUT2D eigenvalue weighted by molar-refractivity contribution is 0.00578. The minimum Gasteiger partial charge on any atom is -0.400 e. The second kappa shape index (κ2) is 5.64. The average Bonchev–Trinajstić information content (AvgIpc) is 2.57. The molecule has 0 radical (unpaired) electrons. The van der Waals surface area contributed by atoms with E-state index in [1.165, 1.54) is 0 Å². The Balaban J connectivity index is 2.29. The molecule has 0 aromatic heterocycles. The number of rotatable bonds is 3. The smallest absolute Gasteiger partial charge is 0.400 e. The van der Waals surface area contributed by atoms with E-state index in [2.05, 4.69) is 15.9 Å². The SMILES string of the molecule is CC1(C)OB(C(=Cc2ccccc2Br)CN)OC1(C)C. The Morgan fingerprint density at radius 3 is 2.25 bits per heavy atom. The lowest BCUT2D eigenvalue weighted by atomic mass is 9.77. The number of hydrogen-bond donors (Lipinski definition) is 1. The summed E-state index contributed by atoms with van der Waals surface area (Å²) in [4.78, 5) is 0. The number of nitrogens with two attached hydrogens (primary N) is 1. The second-order valence-corrected chi connectivity index (χ2v) is 6.89. The van der Waals surface area contributed by atoms with Crippen LogP contribution in [0.1, 0.15) is 33.3 Å². The molecule has 1 heterocycles. The highest BCUT2D eigenvalue weighted by Crippen LogP contribution is 2.38. The summed E-state index contributed by atoms with van der Waals surface area (Å²) in [6.07, 6.45) is 2.03. The fourth-order valence-electron chi connectivity index (χ4n) is 2.01. The predicted molar refractivity (Wildman–Crippen MR) is 87.3 cm³/mol. The molecule has 0 unspecified atom stereocenters. The average molecular weight is 338 g/mol. The maximum atomic E-state index is 6.04. The van der Waals surface area contributed by atoms with Gasteiger partial charge in [0.2, 0.25) is 0 Å². The molecule has 0 spiro atoms. The molecule has 1 aromatic carbocycles. The molecule has 0 saturated carbocycles. The summed E-state index contributed by atoms with van der Waals surface area (Å²) < 4.78 is 13.1. The summed E-state index contributed by atoms with van der Waals surface area (Å²) in [7, 11) is -0.392. The van der Waals surface area contributed by atoms with Crippen LogP contribution in [0.2, 0.25) is 0 Å².